The Kier molecular flexibility index (Phi) is 5.40. The largest absolute Gasteiger partial charge is 0.368 e. The van der Waals surface area contributed by atoms with Crippen molar-refractivity contribution in [1.82, 2.24) is 20.3 Å². The summed E-state index contributed by atoms with van der Waals surface area (Å²) in [5.41, 5.74) is 11.9. The van der Waals surface area contributed by atoms with Crippen molar-refractivity contribution < 1.29 is 4.79 Å². The lowest BCUT2D eigenvalue weighted by Crippen LogP contribution is -2.28. The Morgan fingerprint density at radius 2 is 1.82 bits per heavy atom. The minimum absolute atomic E-state index is 0.0324. The number of amides is 1. The molecule has 1 heterocycles. The van der Waals surface area contributed by atoms with Crippen molar-refractivity contribution in [2.45, 2.75) is 18.1 Å². The van der Waals surface area contributed by atoms with E-state index in [0.29, 0.717) is 10.2 Å². The Morgan fingerprint density at radius 1 is 1.23 bits per heavy atom. The molecule has 0 radical (unpaired) electrons. The molecule has 7 nitrogen and oxygen atoms in total. The molecule has 1 aromatic heterocycles. The van der Waals surface area contributed by atoms with Gasteiger partial charge in [-0.3, -0.25) is 4.79 Å². The predicted octanol–water partition coefficient (Wildman–Crippen LogP) is 1.66. The van der Waals surface area contributed by atoms with Gasteiger partial charge in [0.2, 0.25) is 17.8 Å². The number of carbonyl (C=O) groups excluding carboxylic acids is 1. The molecule has 2 rings (SSSR count). The lowest BCUT2D eigenvalue weighted by molar-refractivity contribution is -0.119. The van der Waals surface area contributed by atoms with Gasteiger partial charge in [0.05, 0.1) is 11.8 Å². The average Bonchev–Trinajstić information content (AvgIpc) is 2.45. The fourth-order valence-corrected chi connectivity index (χ4v) is 2.49. The maximum absolute atomic E-state index is 11.9. The highest BCUT2D eigenvalue weighted by Gasteiger charge is 2.11. The van der Waals surface area contributed by atoms with E-state index < -0.39 is 0 Å². The van der Waals surface area contributed by atoms with E-state index in [-0.39, 0.29) is 29.6 Å². The number of halogens is 1. The van der Waals surface area contributed by atoms with E-state index in [1.165, 1.54) is 0 Å². The van der Waals surface area contributed by atoms with E-state index >= 15 is 0 Å². The Morgan fingerprint density at radius 3 is 2.41 bits per heavy atom. The maximum atomic E-state index is 11.9. The molecule has 0 saturated carbocycles. The van der Waals surface area contributed by atoms with Gasteiger partial charge in [0.15, 0.2) is 5.16 Å². The highest BCUT2D eigenvalue weighted by Crippen LogP contribution is 2.17. The van der Waals surface area contributed by atoms with Gasteiger partial charge in [-0.2, -0.15) is 15.0 Å². The van der Waals surface area contributed by atoms with Gasteiger partial charge < -0.3 is 16.8 Å². The van der Waals surface area contributed by atoms with Crippen LogP contribution in [0.15, 0.2) is 29.4 Å². The van der Waals surface area contributed by atoms with Crippen molar-refractivity contribution in [3.05, 3.63) is 34.9 Å². The van der Waals surface area contributed by atoms with Crippen molar-refractivity contribution in [3.8, 4) is 0 Å². The van der Waals surface area contributed by atoms with Gasteiger partial charge in [-0.25, -0.2) is 0 Å². The van der Waals surface area contributed by atoms with E-state index in [0.717, 1.165) is 17.3 Å². The van der Waals surface area contributed by atoms with E-state index in [2.05, 4.69) is 20.3 Å². The summed E-state index contributed by atoms with van der Waals surface area (Å²) in [6, 6.07) is 7.18. The third-order valence-corrected chi connectivity index (χ3v) is 3.83. The van der Waals surface area contributed by atoms with Crippen LogP contribution < -0.4 is 16.8 Å². The molecule has 1 atom stereocenters. The zero-order valence-electron chi connectivity index (χ0n) is 11.8. The zero-order chi connectivity index (χ0) is 16.1. The second kappa shape index (κ2) is 7.28. The van der Waals surface area contributed by atoms with Gasteiger partial charge in [-0.05, 0) is 24.6 Å². The van der Waals surface area contributed by atoms with Crippen LogP contribution in [-0.2, 0) is 4.79 Å². The number of benzene rings is 1. The molecule has 0 unspecified atom stereocenters. The first-order valence-electron chi connectivity index (χ1n) is 6.38. The van der Waals surface area contributed by atoms with Crippen LogP contribution in [0.5, 0.6) is 0 Å². The highest BCUT2D eigenvalue weighted by molar-refractivity contribution is 7.99. The molecule has 0 spiro atoms. The van der Waals surface area contributed by atoms with Crippen molar-refractivity contribution in [2.24, 2.45) is 0 Å². The molecule has 5 N–H and O–H groups in total. The van der Waals surface area contributed by atoms with Crippen LogP contribution in [0, 0.1) is 0 Å². The molecule has 1 amide bonds. The molecule has 0 aliphatic heterocycles. The van der Waals surface area contributed by atoms with Gasteiger partial charge in [-0.1, -0.05) is 35.5 Å². The second-order valence-electron chi connectivity index (χ2n) is 4.46. The van der Waals surface area contributed by atoms with Crippen molar-refractivity contribution in [1.29, 1.82) is 0 Å². The number of hydrogen-bond donors (Lipinski definition) is 3. The molecule has 1 aromatic carbocycles. The lowest BCUT2D eigenvalue weighted by Gasteiger charge is -2.14. The average molecular weight is 339 g/mol. The molecule has 0 bridgehead atoms. The SMILES string of the molecule is C[C@@H](NC(=O)CSc1nc(N)nc(N)n1)c1ccc(Cl)cc1. The first kappa shape index (κ1) is 16.3. The number of nitrogens with two attached hydrogens (primary N) is 2. The molecule has 9 heteroatoms. The number of aromatic nitrogens is 3. The minimum Gasteiger partial charge on any atom is -0.368 e. The molecule has 2 aromatic rings. The van der Waals surface area contributed by atoms with E-state index in [9.17, 15) is 4.79 Å². The van der Waals surface area contributed by atoms with Crippen molar-refractivity contribution in [2.75, 3.05) is 17.2 Å². The number of carbonyl (C=O) groups is 1. The number of hydrogen-bond acceptors (Lipinski definition) is 7. The van der Waals surface area contributed by atoms with E-state index in [1.54, 1.807) is 12.1 Å². The van der Waals surface area contributed by atoms with Crippen molar-refractivity contribution >= 4 is 41.2 Å². The van der Waals surface area contributed by atoms with Crippen LogP contribution in [0.3, 0.4) is 0 Å². The summed E-state index contributed by atoms with van der Waals surface area (Å²) in [6.45, 7) is 1.89. The Labute approximate surface area is 136 Å². The Balaban J connectivity index is 1.88. The number of rotatable bonds is 5. The van der Waals surface area contributed by atoms with E-state index in [4.69, 9.17) is 23.1 Å². The van der Waals surface area contributed by atoms with Crippen LogP contribution >= 0.6 is 23.4 Å². The highest BCUT2D eigenvalue weighted by atomic mass is 35.5. The summed E-state index contributed by atoms with van der Waals surface area (Å²) in [6.07, 6.45) is 0. The fourth-order valence-electron chi connectivity index (χ4n) is 1.70. The van der Waals surface area contributed by atoms with Gasteiger partial charge in [0.1, 0.15) is 0 Å². The second-order valence-corrected chi connectivity index (χ2v) is 5.84. The van der Waals surface area contributed by atoms with Crippen LogP contribution in [0.4, 0.5) is 11.9 Å². The summed E-state index contributed by atoms with van der Waals surface area (Å²) < 4.78 is 0. The van der Waals surface area contributed by atoms with E-state index in [1.807, 2.05) is 19.1 Å². The quantitative estimate of drug-likeness (QED) is 0.709. The monoisotopic (exact) mass is 338 g/mol. The summed E-state index contributed by atoms with van der Waals surface area (Å²) >= 11 is 6.98. The standard InChI is InChI=1S/C13H15ClN6OS/c1-7(8-2-4-9(14)5-3-8)17-10(21)6-22-13-19-11(15)18-12(16)20-13/h2-5,7H,6H2,1H3,(H,17,21)(H4,15,16,18,19,20)/t7-/m1/s1. The molecule has 22 heavy (non-hydrogen) atoms. The van der Waals surface area contributed by atoms with Crippen LogP contribution in [0.25, 0.3) is 0 Å². The first-order valence-corrected chi connectivity index (χ1v) is 7.75. The number of nitrogens with zero attached hydrogens (tertiary/aromatic N) is 3. The molecule has 0 aliphatic carbocycles. The summed E-state index contributed by atoms with van der Waals surface area (Å²) in [4.78, 5) is 23.4. The number of anilines is 2. The van der Waals surface area contributed by atoms with Gasteiger partial charge in [0.25, 0.3) is 0 Å². The number of nitrogens with one attached hydrogen (secondary N) is 1. The van der Waals surface area contributed by atoms with Crippen LogP contribution in [0.1, 0.15) is 18.5 Å². The van der Waals surface area contributed by atoms with Crippen LogP contribution in [-0.4, -0.2) is 26.6 Å². The smallest absolute Gasteiger partial charge is 0.230 e. The number of thioether (sulfide) groups is 1. The summed E-state index contributed by atoms with van der Waals surface area (Å²) in [5, 5.41) is 3.85. The lowest BCUT2D eigenvalue weighted by atomic mass is 10.1. The maximum Gasteiger partial charge on any atom is 0.230 e. The topological polar surface area (TPSA) is 120 Å². The molecule has 0 fully saturated rings. The predicted molar refractivity (Wildman–Crippen MR) is 87.4 cm³/mol. The molecular weight excluding hydrogens is 324 g/mol. The van der Waals surface area contributed by atoms with Gasteiger partial charge in [0, 0.05) is 5.02 Å². The number of nitrogen functional groups attached to an aromatic ring is 2. The summed E-state index contributed by atoms with van der Waals surface area (Å²) in [5.74, 6) is 0.0702. The zero-order valence-corrected chi connectivity index (χ0v) is 13.4. The molecule has 0 aliphatic rings. The Bertz CT molecular complexity index is 646. The third kappa shape index (κ3) is 4.74. The minimum atomic E-state index is -0.148. The fraction of sp³-hybridized carbons (Fsp3) is 0.231. The third-order valence-electron chi connectivity index (χ3n) is 2.73. The molecule has 0 saturated heterocycles. The van der Waals surface area contributed by atoms with Gasteiger partial charge >= 0.3 is 0 Å². The summed E-state index contributed by atoms with van der Waals surface area (Å²) in [7, 11) is 0. The first-order chi connectivity index (χ1) is 10.4. The van der Waals surface area contributed by atoms with Crippen LogP contribution in [0.2, 0.25) is 5.02 Å². The van der Waals surface area contributed by atoms with Gasteiger partial charge in [-0.15, -0.1) is 0 Å². The molecular formula is C13H15ClN6OS. The normalized spacial score (nSPS) is 11.9. The molecule has 116 valence electrons. The Hall–Kier alpha value is -2.06. The van der Waals surface area contributed by atoms with Crippen molar-refractivity contribution in [3.63, 3.8) is 0 Å².